The van der Waals surface area contributed by atoms with Gasteiger partial charge in [0.2, 0.25) is 0 Å². The van der Waals surface area contributed by atoms with Crippen LogP contribution in [0.5, 0.6) is 5.75 Å². The van der Waals surface area contributed by atoms with Crippen molar-refractivity contribution >= 4 is 0 Å². The smallest absolute Gasteiger partial charge is 0.119 e. The quantitative estimate of drug-likeness (QED) is 0.735. The van der Waals surface area contributed by atoms with Crippen LogP contribution < -0.4 is 4.74 Å². The van der Waals surface area contributed by atoms with Crippen LogP contribution >= 0.6 is 0 Å². The maximum Gasteiger partial charge on any atom is 0.119 e. The third-order valence-electron chi connectivity index (χ3n) is 3.18. The van der Waals surface area contributed by atoms with Crippen LogP contribution in [0.15, 0.2) is 18.2 Å². The van der Waals surface area contributed by atoms with Crippen molar-refractivity contribution in [1.82, 2.24) is 4.90 Å². The minimum atomic E-state index is 0.985. The first kappa shape index (κ1) is 10.5. The van der Waals surface area contributed by atoms with Gasteiger partial charge in [-0.2, -0.15) is 0 Å². The summed E-state index contributed by atoms with van der Waals surface area (Å²) in [5.74, 6) is 0.985. The zero-order valence-corrected chi connectivity index (χ0v) is 9.62. The lowest BCUT2D eigenvalue weighted by atomic mass is 10.0. The topological polar surface area (TPSA) is 12.5 Å². The second kappa shape index (κ2) is 4.67. The molecule has 0 bridgehead atoms. The standard InChI is InChI=1S/C13H19NO/c1-3-14-8-4-5-11-9-13(15-2)7-6-12(11)10-14/h6-7,9H,3-5,8,10H2,1-2H3. The van der Waals surface area contributed by atoms with Crippen molar-refractivity contribution in [2.45, 2.75) is 26.3 Å². The molecule has 0 radical (unpaired) electrons. The Balaban J connectivity index is 2.25. The number of hydrogen-bond donors (Lipinski definition) is 0. The first-order valence-corrected chi connectivity index (χ1v) is 5.71. The Labute approximate surface area is 91.9 Å². The number of methoxy groups -OCH3 is 1. The van der Waals surface area contributed by atoms with Crippen LogP contribution in [0.4, 0.5) is 0 Å². The van der Waals surface area contributed by atoms with Gasteiger partial charge in [0.1, 0.15) is 5.75 Å². The van der Waals surface area contributed by atoms with Crippen LogP contribution in [-0.4, -0.2) is 25.1 Å². The summed E-state index contributed by atoms with van der Waals surface area (Å²) in [6, 6.07) is 6.47. The average molecular weight is 205 g/mol. The zero-order chi connectivity index (χ0) is 10.7. The highest BCUT2D eigenvalue weighted by Gasteiger charge is 2.13. The van der Waals surface area contributed by atoms with E-state index in [4.69, 9.17) is 4.74 Å². The first-order valence-electron chi connectivity index (χ1n) is 5.71. The maximum atomic E-state index is 5.26. The van der Waals surface area contributed by atoms with Gasteiger partial charge in [0.15, 0.2) is 0 Å². The number of nitrogens with zero attached hydrogens (tertiary/aromatic N) is 1. The highest BCUT2D eigenvalue weighted by Crippen LogP contribution is 2.23. The summed E-state index contributed by atoms with van der Waals surface area (Å²) in [5.41, 5.74) is 2.93. The normalized spacial score (nSPS) is 16.9. The van der Waals surface area contributed by atoms with E-state index in [1.807, 2.05) is 0 Å². The van der Waals surface area contributed by atoms with Crippen LogP contribution in [0.1, 0.15) is 24.5 Å². The van der Waals surface area contributed by atoms with E-state index in [-0.39, 0.29) is 0 Å². The average Bonchev–Trinajstić information content (AvgIpc) is 2.49. The molecule has 0 spiro atoms. The van der Waals surface area contributed by atoms with Crippen LogP contribution in [0, 0.1) is 0 Å². The Morgan fingerprint density at radius 1 is 1.33 bits per heavy atom. The molecule has 1 aliphatic rings. The van der Waals surface area contributed by atoms with Gasteiger partial charge in [0, 0.05) is 6.54 Å². The lowest BCUT2D eigenvalue weighted by molar-refractivity contribution is 0.284. The van der Waals surface area contributed by atoms with E-state index in [1.165, 1.54) is 30.5 Å². The summed E-state index contributed by atoms with van der Waals surface area (Å²) in [6.45, 7) is 5.68. The molecule has 0 unspecified atom stereocenters. The molecule has 2 heteroatoms. The van der Waals surface area contributed by atoms with Gasteiger partial charge in [-0.25, -0.2) is 0 Å². The fourth-order valence-electron chi connectivity index (χ4n) is 2.20. The van der Waals surface area contributed by atoms with Gasteiger partial charge in [-0.15, -0.1) is 0 Å². The summed E-state index contributed by atoms with van der Waals surface area (Å²) in [7, 11) is 1.73. The fourth-order valence-corrected chi connectivity index (χ4v) is 2.20. The summed E-state index contributed by atoms with van der Waals surface area (Å²) < 4.78 is 5.26. The van der Waals surface area contributed by atoms with E-state index >= 15 is 0 Å². The van der Waals surface area contributed by atoms with Gasteiger partial charge < -0.3 is 4.74 Å². The molecular formula is C13H19NO. The van der Waals surface area contributed by atoms with Gasteiger partial charge in [-0.1, -0.05) is 13.0 Å². The van der Waals surface area contributed by atoms with E-state index in [0.717, 1.165) is 18.8 Å². The van der Waals surface area contributed by atoms with E-state index in [2.05, 4.69) is 30.0 Å². The lowest BCUT2D eigenvalue weighted by Crippen LogP contribution is -2.22. The molecule has 0 fully saturated rings. The van der Waals surface area contributed by atoms with Crippen molar-refractivity contribution in [1.29, 1.82) is 0 Å². The van der Waals surface area contributed by atoms with E-state index < -0.39 is 0 Å². The Morgan fingerprint density at radius 2 is 2.20 bits per heavy atom. The highest BCUT2D eigenvalue weighted by atomic mass is 16.5. The van der Waals surface area contributed by atoms with Crippen molar-refractivity contribution in [3.05, 3.63) is 29.3 Å². The molecule has 0 saturated carbocycles. The second-order valence-electron chi connectivity index (χ2n) is 4.11. The number of ether oxygens (including phenoxy) is 1. The van der Waals surface area contributed by atoms with Crippen molar-refractivity contribution < 1.29 is 4.74 Å². The number of fused-ring (bicyclic) bond motifs is 1. The molecule has 0 N–H and O–H groups in total. The molecule has 0 atom stereocenters. The largest absolute Gasteiger partial charge is 0.497 e. The van der Waals surface area contributed by atoms with E-state index in [9.17, 15) is 0 Å². The summed E-state index contributed by atoms with van der Waals surface area (Å²) in [4.78, 5) is 2.50. The molecule has 0 aliphatic carbocycles. The first-order chi connectivity index (χ1) is 7.33. The van der Waals surface area contributed by atoms with Gasteiger partial charge in [0.25, 0.3) is 0 Å². The SMILES string of the molecule is CCN1CCCc2cc(OC)ccc2C1. The summed E-state index contributed by atoms with van der Waals surface area (Å²) in [6.07, 6.45) is 2.44. The van der Waals surface area contributed by atoms with Crippen molar-refractivity contribution in [3.63, 3.8) is 0 Å². The molecule has 1 heterocycles. The summed E-state index contributed by atoms with van der Waals surface area (Å²) in [5, 5.41) is 0. The number of hydrogen-bond acceptors (Lipinski definition) is 2. The Hall–Kier alpha value is -1.02. The third kappa shape index (κ3) is 2.32. The second-order valence-corrected chi connectivity index (χ2v) is 4.11. The number of rotatable bonds is 2. The molecule has 2 nitrogen and oxygen atoms in total. The molecule has 2 rings (SSSR count). The molecule has 1 aromatic rings. The molecule has 1 aliphatic heterocycles. The van der Waals surface area contributed by atoms with Crippen molar-refractivity contribution in [2.24, 2.45) is 0 Å². The maximum absolute atomic E-state index is 5.26. The van der Waals surface area contributed by atoms with Crippen LogP contribution in [0.2, 0.25) is 0 Å². The molecule has 0 aromatic heterocycles. The minimum Gasteiger partial charge on any atom is -0.497 e. The lowest BCUT2D eigenvalue weighted by Gasteiger charge is -2.17. The minimum absolute atomic E-state index is 0.985. The Bertz CT molecular complexity index is 335. The van der Waals surface area contributed by atoms with E-state index in [1.54, 1.807) is 7.11 Å². The Kier molecular flexibility index (Phi) is 3.27. The predicted octanol–water partition coefficient (Wildman–Crippen LogP) is 2.46. The number of benzene rings is 1. The number of aryl methyl sites for hydroxylation is 1. The Morgan fingerprint density at radius 3 is 2.93 bits per heavy atom. The van der Waals surface area contributed by atoms with Crippen LogP contribution in [0.3, 0.4) is 0 Å². The van der Waals surface area contributed by atoms with Gasteiger partial charge in [0.05, 0.1) is 7.11 Å². The molecule has 82 valence electrons. The molecular weight excluding hydrogens is 186 g/mol. The zero-order valence-electron chi connectivity index (χ0n) is 9.62. The van der Waals surface area contributed by atoms with E-state index in [0.29, 0.717) is 0 Å². The van der Waals surface area contributed by atoms with Crippen LogP contribution in [0.25, 0.3) is 0 Å². The monoisotopic (exact) mass is 205 g/mol. The van der Waals surface area contributed by atoms with Crippen LogP contribution in [-0.2, 0) is 13.0 Å². The van der Waals surface area contributed by atoms with Crippen molar-refractivity contribution in [3.8, 4) is 5.75 Å². The molecule has 15 heavy (non-hydrogen) atoms. The van der Waals surface area contributed by atoms with Gasteiger partial charge in [-0.3, -0.25) is 4.90 Å². The van der Waals surface area contributed by atoms with Gasteiger partial charge in [-0.05, 0) is 49.2 Å². The van der Waals surface area contributed by atoms with Crippen molar-refractivity contribution in [2.75, 3.05) is 20.2 Å². The molecule has 0 saturated heterocycles. The fraction of sp³-hybridized carbons (Fsp3) is 0.538. The third-order valence-corrected chi connectivity index (χ3v) is 3.18. The predicted molar refractivity (Wildman–Crippen MR) is 62.3 cm³/mol. The molecule has 0 amide bonds. The van der Waals surface area contributed by atoms with Gasteiger partial charge >= 0.3 is 0 Å². The molecule has 1 aromatic carbocycles. The highest BCUT2D eigenvalue weighted by molar-refractivity contribution is 5.36. The summed E-state index contributed by atoms with van der Waals surface area (Å²) >= 11 is 0.